The fourth-order valence-corrected chi connectivity index (χ4v) is 3.95. The van der Waals surface area contributed by atoms with Crippen LogP contribution in [0, 0.1) is 27.7 Å². The average Bonchev–Trinajstić information content (AvgIpc) is 3.16. The molecule has 0 aliphatic rings. The van der Waals surface area contributed by atoms with Gasteiger partial charge in [0.25, 0.3) is 0 Å². The van der Waals surface area contributed by atoms with Crippen LogP contribution in [0.5, 0.6) is 5.75 Å². The molecule has 0 bridgehead atoms. The molecule has 2 amide bonds. The minimum atomic E-state index is -0.256. The Balaban J connectivity index is 1.44. The molecular formula is C24H27N3O3S. The first kappa shape index (κ1) is 22.5. The van der Waals surface area contributed by atoms with Crippen LogP contribution in [0.25, 0.3) is 0 Å². The first-order chi connectivity index (χ1) is 14.8. The molecule has 0 radical (unpaired) electrons. The van der Waals surface area contributed by atoms with Gasteiger partial charge in [0.2, 0.25) is 11.8 Å². The number of benzene rings is 2. The summed E-state index contributed by atoms with van der Waals surface area (Å²) >= 11 is 1.45. The lowest BCUT2D eigenvalue weighted by molar-refractivity contribution is -0.123. The van der Waals surface area contributed by atoms with Crippen LogP contribution in [0.15, 0.2) is 41.8 Å². The molecule has 3 rings (SSSR count). The lowest BCUT2D eigenvalue weighted by atomic mass is 10.1. The molecular weight excluding hydrogens is 410 g/mol. The van der Waals surface area contributed by atoms with Crippen molar-refractivity contribution in [1.82, 2.24) is 10.3 Å². The molecule has 162 valence electrons. The first-order valence-corrected chi connectivity index (χ1v) is 11.0. The highest BCUT2D eigenvalue weighted by molar-refractivity contribution is 7.09. The van der Waals surface area contributed by atoms with Gasteiger partial charge < -0.3 is 15.4 Å². The van der Waals surface area contributed by atoms with E-state index in [1.54, 1.807) is 0 Å². The number of thiazole rings is 1. The number of ether oxygens (including phenoxy) is 1. The summed E-state index contributed by atoms with van der Waals surface area (Å²) in [6, 6.07) is 11.9. The van der Waals surface area contributed by atoms with Crippen molar-refractivity contribution in [3.05, 3.63) is 74.7 Å². The zero-order valence-corrected chi connectivity index (χ0v) is 19.1. The van der Waals surface area contributed by atoms with Crippen molar-refractivity contribution < 1.29 is 14.3 Å². The zero-order valence-electron chi connectivity index (χ0n) is 18.2. The fourth-order valence-electron chi connectivity index (χ4n) is 3.24. The predicted octanol–water partition coefficient (Wildman–Crippen LogP) is 4.25. The Morgan fingerprint density at radius 2 is 1.65 bits per heavy atom. The van der Waals surface area contributed by atoms with E-state index in [1.165, 1.54) is 16.9 Å². The first-order valence-electron chi connectivity index (χ1n) is 10.1. The quantitative estimate of drug-likeness (QED) is 0.552. The molecule has 0 saturated heterocycles. The molecule has 6 nitrogen and oxygen atoms in total. The summed E-state index contributed by atoms with van der Waals surface area (Å²) in [4.78, 5) is 28.9. The van der Waals surface area contributed by atoms with Gasteiger partial charge in [-0.25, -0.2) is 4.98 Å². The second-order valence-electron chi connectivity index (χ2n) is 7.61. The number of rotatable bonds is 8. The number of carbonyl (C=O) groups is 2. The summed E-state index contributed by atoms with van der Waals surface area (Å²) in [6.07, 6.45) is 0.122. The standard InChI is InChI=1S/C24H27N3O3S/c1-15-5-7-20(8-6-15)30-13-23-26-19(14-31-23)11-21(28)25-12-22(29)27-24-17(3)9-16(2)10-18(24)4/h5-10,14H,11-13H2,1-4H3,(H,25,28)(H,27,29). The predicted molar refractivity (Wildman–Crippen MR) is 124 cm³/mol. The van der Waals surface area contributed by atoms with E-state index in [0.717, 1.165) is 33.1 Å². The van der Waals surface area contributed by atoms with E-state index in [9.17, 15) is 9.59 Å². The van der Waals surface area contributed by atoms with Crippen LogP contribution in [0.3, 0.4) is 0 Å². The molecule has 1 aromatic heterocycles. The normalized spacial score (nSPS) is 10.6. The SMILES string of the molecule is Cc1ccc(OCc2nc(CC(=O)NCC(=O)Nc3c(C)cc(C)cc3C)cs2)cc1. The highest BCUT2D eigenvalue weighted by Crippen LogP contribution is 2.21. The van der Waals surface area contributed by atoms with Crippen molar-refractivity contribution in [3.63, 3.8) is 0 Å². The molecule has 31 heavy (non-hydrogen) atoms. The number of nitrogens with one attached hydrogen (secondary N) is 2. The van der Waals surface area contributed by atoms with Crippen molar-refractivity contribution in [2.24, 2.45) is 0 Å². The molecule has 7 heteroatoms. The van der Waals surface area contributed by atoms with Gasteiger partial charge in [-0.1, -0.05) is 35.4 Å². The van der Waals surface area contributed by atoms with Crippen LogP contribution < -0.4 is 15.4 Å². The fraction of sp³-hybridized carbons (Fsp3) is 0.292. The maximum Gasteiger partial charge on any atom is 0.243 e. The van der Waals surface area contributed by atoms with E-state index in [-0.39, 0.29) is 24.8 Å². The molecule has 2 aromatic carbocycles. The van der Waals surface area contributed by atoms with E-state index in [0.29, 0.717) is 12.3 Å². The minimum Gasteiger partial charge on any atom is -0.486 e. The van der Waals surface area contributed by atoms with Crippen LogP contribution in [0.2, 0.25) is 0 Å². The number of aromatic nitrogens is 1. The average molecular weight is 438 g/mol. The Labute approximate surface area is 186 Å². The highest BCUT2D eigenvalue weighted by Gasteiger charge is 2.12. The van der Waals surface area contributed by atoms with Gasteiger partial charge in [-0.3, -0.25) is 9.59 Å². The van der Waals surface area contributed by atoms with Gasteiger partial charge in [0, 0.05) is 11.1 Å². The highest BCUT2D eigenvalue weighted by atomic mass is 32.1. The van der Waals surface area contributed by atoms with Gasteiger partial charge in [-0.15, -0.1) is 11.3 Å². The summed E-state index contributed by atoms with van der Waals surface area (Å²) < 4.78 is 5.72. The molecule has 3 aromatic rings. The number of anilines is 1. The second-order valence-corrected chi connectivity index (χ2v) is 8.55. The number of amides is 2. The topological polar surface area (TPSA) is 80.3 Å². The molecule has 0 atom stereocenters. The summed E-state index contributed by atoms with van der Waals surface area (Å²) in [5, 5.41) is 8.17. The zero-order chi connectivity index (χ0) is 22.4. The van der Waals surface area contributed by atoms with Crippen LogP contribution in [0.4, 0.5) is 5.69 Å². The maximum absolute atomic E-state index is 12.2. The Morgan fingerprint density at radius 3 is 2.32 bits per heavy atom. The Kier molecular flexibility index (Phi) is 7.41. The van der Waals surface area contributed by atoms with Crippen molar-refractivity contribution >= 4 is 28.8 Å². The Hall–Kier alpha value is -3.19. The van der Waals surface area contributed by atoms with Crippen LogP contribution in [0.1, 0.15) is 33.0 Å². The summed E-state index contributed by atoms with van der Waals surface area (Å²) in [7, 11) is 0. The van der Waals surface area contributed by atoms with Crippen molar-refractivity contribution in [2.75, 3.05) is 11.9 Å². The number of carbonyl (C=O) groups excluding carboxylic acids is 2. The Morgan fingerprint density at radius 1 is 0.968 bits per heavy atom. The maximum atomic E-state index is 12.2. The monoisotopic (exact) mass is 437 g/mol. The molecule has 0 saturated carbocycles. The van der Waals surface area contributed by atoms with Gasteiger partial charge >= 0.3 is 0 Å². The van der Waals surface area contributed by atoms with E-state index < -0.39 is 0 Å². The van der Waals surface area contributed by atoms with Gasteiger partial charge in [0.15, 0.2) is 0 Å². The van der Waals surface area contributed by atoms with E-state index >= 15 is 0 Å². The second kappa shape index (κ2) is 10.2. The summed E-state index contributed by atoms with van der Waals surface area (Å²) in [5.74, 6) is 0.280. The molecule has 0 aliphatic heterocycles. The lowest BCUT2D eigenvalue weighted by Crippen LogP contribution is -2.34. The molecule has 0 aliphatic carbocycles. The summed E-state index contributed by atoms with van der Waals surface area (Å²) in [5.41, 5.74) is 5.78. The van der Waals surface area contributed by atoms with Crippen LogP contribution in [-0.2, 0) is 22.6 Å². The summed E-state index contributed by atoms with van der Waals surface area (Å²) in [6.45, 7) is 8.22. The third-order valence-corrected chi connectivity index (χ3v) is 5.58. The van der Waals surface area contributed by atoms with Crippen molar-refractivity contribution in [1.29, 1.82) is 0 Å². The van der Waals surface area contributed by atoms with Gasteiger partial charge in [0.1, 0.15) is 17.4 Å². The number of hydrogen-bond donors (Lipinski definition) is 2. The van der Waals surface area contributed by atoms with Crippen molar-refractivity contribution in [3.8, 4) is 5.75 Å². The van der Waals surface area contributed by atoms with Gasteiger partial charge in [0.05, 0.1) is 18.7 Å². The van der Waals surface area contributed by atoms with E-state index in [1.807, 2.05) is 69.5 Å². The largest absolute Gasteiger partial charge is 0.486 e. The van der Waals surface area contributed by atoms with Crippen LogP contribution in [-0.4, -0.2) is 23.3 Å². The molecule has 0 fully saturated rings. The molecule has 2 N–H and O–H groups in total. The van der Waals surface area contributed by atoms with Crippen LogP contribution >= 0.6 is 11.3 Å². The number of nitrogens with zero attached hydrogens (tertiary/aromatic N) is 1. The van der Waals surface area contributed by atoms with Crippen molar-refractivity contribution in [2.45, 2.75) is 40.7 Å². The van der Waals surface area contributed by atoms with E-state index in [2.05, 4.69) is 15.6 Å². The number of hydrogen-bond acceptors (Lipinski definition) is 5. The number of aryl methyl sites for hydroxylation is 4. The molecule has 0 spiro atoms. The third kappa shape index (κ3) is 6.65. The van der Waals surface area contributed by atoms with E-state index in [4.69, 9.17) is 4.74 Å². The third-order valence-electron chi connectivity index (χ3n) is 4.71. The lowest BCUT2D eigenvalue weighted by Gasteiger charge is -2.13. The van der Waals surface area contributed by atoms with Gasteiger partial charge in [-0.05, 0) is 51.0 Å². The van der Waals surface area contributed by atoms with Gasteiger partial charge in [-0.2, -0.15) is 0 Å². The minimum absolute atomic E-state index is 0.0842. The molecule has 1 heterocycles. The smallest absolute Gasteiger partial charge is 0.243 e. The Bertz CT molecular complexity index is 1050. The molecule has 0 unspecified atom stereocenters.